The zero-order valence-corrected chi connectivity index (χ0v) is 17.1. The molecule has 3 aromatic rings. The molecule has 0 radical (unpaired) electrons. The monoisotopic (exact) mass is 391 g/mol. The van der Waals surface area contributed by atoms with Gasteiger partial charge in [-0.1, -0.05) is 12.1 Å². The molecule has 0 atom stereocenters. The number of methoxy groups -OCH3 is 1. The summed E-state index contributed by atoms with van der Waals surface area (Å²) in [6.07, 6.45) is 6.96. The number of pyridine rings is 1. The molecule has 0 amide bonds. The van der Waals surface area contributed by atoms with Gasteiger partial charge in [0.1, 0.15) is 5.75 Å². The molecule has 152 valence electrons. The number of piperidine rings is 1. The molecule has 0 aliphatic carbocycles. The number of fused-ring (bicyclic) bond motifs is 1. The molecular weight excluding hydrogens is 362 g/mol. The van der Waals surface area contributed by atoms with Gasteiger partial charge in [0, 0.05) is 25.6 Å². The Morgan fingerprint density at radius 2 is 1.72 bits per heavy atom. The lowest BCUT2D eigenvalue weighted by Crippen LogP contribution is -2.32. The maximum Gasteiger partial charge on any atom is 0.155 e. The SMILES string of the molecule is COc1ccc(CN2CCC(c3nc4ccc(N5CCCC5)cn4n3)CC2)cc1. The topological polar surface area (TPSA) is 45.9 Å². The number of hydrogen-bond acceptors (Lipinski definition) is 5. The van der Waals surface area contributed by atoms with Crippen LogP contribution in [0, 0.1) is 0 Å². The van der Waals surface area contributed by atoms with Crippen LogP contribution in [0.25, 0.3) is 5.65 Å². The van der Waals surface area contributed by atoms with Crippen LogP contribution in [0.2, 0.25) is 0 Å². The first kappa shape index (κ1) is 18.4. The zero-order chi connectivity index (χ0) is 19.6. The van der Waals surface area contributed by atoms with E-state index in [9.17, 15) is 0 Å². The molecule has 1 aromatic carbocycles. The molecule has 4 heterocycles. The van der Waals surface area contributed by atoms with Crippen molar-refractivity contribution < 1.29 is 4.74 Å². The first-order valence-corrected chi connectivity index (χ1v) is 10.7. The van der Waals surface area contributed by atoms with Crippen LogP contribution in [-0.4, -0.2) is 52.8 Å². The smallest absolute Gasteiger partial charge is 0.155 e. The van der Waals surface area contributed by atoms with Crippen LogP contribution in [0.3, 0.4) is 0 Å². The standard InChI is InChI=1S/C23H29N5O/c1-29-21-7-4-18(5-8-21)16-26-14-10-19(11-15-26)23-24-22-9-6-20(17-28(22)25-23)27-12-2-3-13-27/h4-9,17,19H,2-3,10-16H2,1H3. The summed E-state index contributed by atoms with van der Waals surface area (Å²) in [7, 11) is 1.71. The van der Waals surface area contributed by atoms with E-state index in [1.807, 2.05) is 16.6 Å². The fourth-order valence-corrected chi connectivity index (χ4v) is 4.56. The lowest BCUT2D eigenvalue weighted by Gasteiger charge is -2.30. The van der Waals surface area contributed by atoms with Gasteiger partial charge in [0.2, 0.25) is 0 Å². The minimum Gasteiger partial charge on any atom is -0.497 e. The summed E-state index contributed by atoms with van der Waals surface area (Å²) >= 11 is 0. The molecule has 2 saturated heterocycles. The molecule has 6 heteroatoms. The minimum absolute atomic E-state index is 0.456. The van der Waals surface area contributed by atoms with Gasteiger partial charge in [-0.25, -0.2) is 9.50 Å². The van der Waals surface area contributed by atoms with Gasteiger partial charge < -0.3 is 9.64 Å². The van der Waals surface area contributed by atoms with Crippen molar-refractivity contribution >= 4 is 11.3 Å². The van der Waals surface area contributed by atoms with E-state index in [1.165, 1.54) is 24.1 Å². The fraction of sp³-hybridized carbons (Fsp3) is 0.478. The Balaban J connectivity index is 1.22. The van der Waals surface area contributed by atoms with Gasteiger partial charge in [0.05, 0.1) is 19.0 Å². The minimum atomic E-state index is 0.456. The number of ether oxygens (including phenoxy) is 1. The second-order valence-corrected chi connectivity index (χ2v) is 8.25. The molecule has 0 N–H and O–H groups in total. The maximum absolute atomic E-state index is 5.25. The van der Waals surface area contributed by atoms with Gasteiger partial charge in [-0.2, -0.15) is 5.10 Å². The quantitative estimate of drug-likeness (QED) is 0.663. The molecule has 5 rings (SSSR count). The van der Waals surface area contributed by atoms with Crippen LogP contribution in [0.1, 0.15) is 43.0 Å². The van der Waals surface area contributed by atoms with E-state index in [4.69, 9.17) is 14.8 Å². The highest BCUT2D eigenvalue weighted by Gasteiger charge is 2.24. The Morgan fingerprint density at radius 1 is 0.966 bits per heavy atom. The van der Waals surface area contributed by atoms with E-state index in [1.54, 1.807) is 7.11 Å². The Morgan fingerprint density at radius 3 is 2.45 bits per heavy atom. The summed E-state index contributed by atoms with van der Waals surface area (Å²) in [6.45, 7) is 5.48. The lowest BCUT2D eigenvalue weighted by molar-refractivity contribution is 0.201. The highest BCUT2D eigenvalue weighted by molar-refractivity contribution is 5.52. The Kier molecular flexibility index (Phi) is 5.10. The van der Waals surface area contributed by atoms with Crippen molar-refractivity contribution in [2.75, 3.05) is 38.2 Å². The molecule has 6 nitrogen and oxygen atoms in total. The van der Waals surface area contributed by atoms with Gasteiger partial charge >= 0.3 is 0 Å². The van der Waals surface area contributed by atoms with Crippen molar-refractivity contribution in [3.8, 4) is 5.75 Å². The number of hydrogen-bond donors (Lipinski definition) is 0. The average Bonchev–Trinajstić information content (AvgIpc) is 3.44. The van der Waals surface area contributed by atoms with Crippen molar-refractivity contribution in [2.24, 2.45) is 0 Å². The van der Waals surface area contributed by atoms with Crippen LogP contribution in [0.4, 0.5) is 5.69 Å². The predicted molar refractivity (Wildman–Crippen MR) is 115 cm³/mol. The molecule has 2 fully saturated rings. The van der Waals surface area contributed by atoms with E-state index in [0.29, 0.717) is 5.92 Å². The molecule has 2 aromatic heterocycles. The average molecular weight is 392 g/mol. The number of likely N-dealkylation sites (tertiary alicyclic amines) is 1. The molecule has 0 saturated carbocycles. The Hall–Kier alpha value is -2.60. The predicted octanol–water partition coefficient (Wildman–Crippen LogP) is 3.72. The van der Waals surface area contributed by atoms with Gasteiger partial charge in [-0.3, -0.25) is 4.90 Å². The maximum atomic E-state index is 5.25. The highest BCUT2D eigenvalue weighted by atomic mass is 16.5. The van der Waals surface area contributed by atoms with Crippen molar-refractivity contribution in [1.82, 2.24) is 19.5 Å². The second-order valence-electron chi connectivity index (χ2n) is 8.25. The van der Waals surface area contributed by atoms with Crippen LogP contribution >= 0.6 is 0 Å². The Bertz CT molecular complexity index is 953. The fourth-order valence-electron chi connectivity index (χ4n) is 4.56. The van der Waals surface area contributed by atoms with Crippen molar-refractivity contribution in [3.05, 3.63) is 54.0 Å². The third-order valence-corrected chi connectivity index (χ3v) is 6.32. The molecule has 2 aliphatic rings. The summed E-state index contributed by atoms with van der Waals surface area (Å²) in [4.78, 5) is 9.80. The molecular formula is C23H29N5O. The van der Waals surface area contributed by atoms with Crippen molar-refractivity contribution in [2.45, 2.75) is 38.1 Å². The van der Waals surface area contributed by atoms with Crippen molar-refractivity contribution in [3.63, 3.8) is 0 Å². The van der Waals surface area contributed by atoms with E-state index in [0.717, 1.165) is 62.8 Å². The number of nitrogens with zero attached hydrogens (tertiary/aromatic N) is 5. The molecule has 29 heavy (non-hydrogen) atoms. The summed E-state index contributed by atoms with van der Waals surface area (Å²) in [5, 5.41) is 4.84. The normalized spacial score (nSPS) is 18.6. The van der Waals surface area contributed by atoms with Gasteiger partial charge in [0.25, 0.3) is 0 Å². The first-order chi connectivity index (χ1) is 14.3. The first-order valence-electron chi connectivity index (χ1n) is 10.7. The largest absolute Gasteiger partial charge is 0.497 e. The zero-order valence-electron chi connectivity index (χ0n) is 17.1. The van der Waals surface area contributed by atoms with Crippen LogP contribution in [-0.2, 0) is 6.54 Å². The van der Waals surface area contributed by atoms with E-state index in [-0.39, 0.29) is 0 Å². The van der Waals surface area contributed by atoms with Gasteiger partial charge in [-0.05, 0) is 68.6 Å². The van der Waals surface area contributed by atoms with E-state index >= 15 is 0 Å². The summed E-state index contributed by atoms with van der Waals surface area (Å²) in [6, 6.07) is 12.7. The molecule has 0 spiro atoms. The number of aromatic nitrogens is 3. The molecule has 0 bridgehead atoms. The summed E-state index contributed by atoms with van der Waals surface area (Å²) in [5.41, 5.74) is 3.56. The highest BCUT2D eigenvalue weighted by Crippen LogP contribution is 2.28. The summed E-state index contributed by atoms with van der Waals surface area (Å²) < 4.78 is 7.23. The van der Waals surface area contributed by atoms with E-state index in [2.05, 4.69) is 40.3 Å². The molecule has 0 unspecified atom stereocenters. The van der Waals surface area contributed by atoms with Crippen LogP contribution < -0.4 is 9.64 Å². The number of benzene rings is 1. The van der Waals surface area contributed by atoms with Crippen LogP contribution in [0.5, 0.6) is 5.75 Å². The number of anilines is 1. The third-order valence-electron chi connectivity index (χ3n) is 6.32. The van der Waals surface area contributed by atoms with Crippen molar-refractivity contribution in [1.29, 1.82) is 0 Å². The molecule has 2 aliphatic heterocycles. The second kappa shape index (κ2) is 8.03. The van der Waals surface area contributed by atoms with Crippen LogP contribution in [0.15, 0.2) is 42.6 Å². The lowest BCUT2D eigenvalue weighted by atomic mass is 9.96. The van der Waals surface area contributed by atoms with Gasteiger partial charge in [0.15, 0.2) is 11.5 Å². The van der Waals surface area contributed by atoms with E-state index < -0.39 is 0 Å². The number of rotatable bonds is 5. The summed E-state index contributed by atoms with van der Waals surface area (Å²) in [5.74, 6) is 2.38. The third kappa shape index (κ3) is 3.94. The Labute approximate surface area is 172 Å². The van der Waals surface area contributed by atoms with Gasteiger partial charge in [-0.15, -0.1) is 0 Å².